The molecule has 7 heteroatoms. The molecule has 1 heterocycles. The first kappa shape index (κ1) is 15.2. The van der Waals surface area contributed by atoms with E-state index >= 15 is 0 Å². The maximum atomic E-state index is 10.8. The van der Waals surface area contributed by atoms with Crippen LogP contribution < -0.4 is 4.74 Å². The Labute approximate surface area is 137 Å². The number of rotatable bonds is 5. The van der Waals surface area contributed by atoms with Crippen LogP contribution in [0.1, 0.15) is 11.4 Å². The van der Waals surface area contributed by atoms with Crippen LogP contribution in [0.3, 0.4) is 0 Å². The summed E-state index contributed by atoms with van der Waals surface area (Å²) in [6.07, 6.45) is 3.55. The lowest BCUT2D eigenvalue weighted by molar-refractivity contribution is -0.384. The average Bonchev–Trinajstić information content (AvgIpc) is 3.00. The fourth-order valence-electron chi connectivity index (χ4n) is 2.24. The van der Waals surface area contributed by atoms with Gasteiger partial charge in [0.25, 0.3) is 5.69 Å². The van der Waals surface area contributed by atoms with Gasteiger partial charge in [-0.1, -0.05) is 18.2 Å². The zero-order chi connectivity index (χ0) is 16.9. The highest BCUT2D eigenvalue weighted by atomic mass is 16.6. The van der Waals surface area contributed by atoms with Gasteiger partial charge < -0.3 is 9.72 Å². The van der Waals surface area contributed by atoms with Crippen molar-refractivity contribution in [3.05, 3.63) is 64.0 Å². The Morgan fingerprint density at radius 2 is 2.12 bits per heavy atom. The number of ether oxygens (including phenoxy) is 1. The molecule has 0 fully saturated rings. The monoisotopic (exact) mass is 320 g/mol. The van der Waals surface area contributed by atoms with Crippen LogP contribution in [-0.4, -0.2) is 21.5 Å². The smallest absolute Gasteiger partial charge is 0.271 e. The second kappa shape index (κ2) is 6.62. The SMILES string of the molecule is N#CCOc1ccccc1/C=C/c1nc2ccc([N+](=O)[O-])cc2[nH]1. The van der Waals surface area contributed by atoms with Crippen molar-refractivity contribution in [2.45, 2.75) is 0 Å². The van der Waals surface area contributed by atoms with Crippen LogP contribution in [0, 0.1) is 21.4 Å². The van der Waals surface area contributed by atoms with Gasteiger partial charge in [0.15, 0.2) is 6.61 Å². The molecule has 0 bridgehead atoms. The van der Waals surface area contributed by atoms with Gasteiger partial charge in [0.05, 0.1) is 16.0 Å². The van der Waals surface area contributed by atoms with Gasteiger partial charge >= 0.3 is 0 Å². The summed E-state index contributed by atoms with van der Waals surface area (Å²) in [7, 11) is 0. The number of H-pyrrole nitrogens is 1. The van der Waals surface area contributed by atoms with E-state index in [-0.39, 0.29) is 12.3 Å². The Morgan fingerprint density at radius 1 is 1.29 bits per heavy atom. The lowest BCUT2D eigenvalue weighted by Gasteiger charge is -2.04. The number of para-hydroxylation sites is 1. The Kier molecular flexibility index (Phi) is 4.21. The molecule has 0 aliphatic carbocycles. The predicted molar refractivity (Wildman–Crippen MR) is 89.2 cm³/mol. The molecule has 0 atom stereocenters. The number of nitrogens with zero attached hydrogens (tertiary/aromatic N) is 3. The largest absolute Gasteiger partial charge is 0.478 e. The first-order valence-corrected chi connectivity index (χ1v) is 7.08. The number of nitro benzene ring substituents is 1. The molecular weight excluding hydrogens is 308 g/mol. The standard InChI is InChI=1S/C17H12N4O3/c18-9-10-24-16-4-2-1-3-12(16)5-8-17-19-14-7-6-13(21(22)23)11-15(14)20-17/h1-8,11H,10H2,(H,19,20)/b8-5+. The van der Waals surface area contributed by atoms with E-state index < -0.39 is 4.92 Å². The highest BCUT2D eigenvalue weighted by molar-refractivity contribution is 5.81. The number of benzene rings is 2. The number of nitro groups is 1. The summed E-state index contributed by atoms with van der Waals surface area (Å²) < 4.78 is 5.36. The Morgan fingerprint density at radius 3 is 2.92 bits per heavy atom. The molecule has 0 aliphatic rings. The number of imidazole rings is 1. The number of aromatic amines is 1. The van der Waals surface area contributed by atoms with Gasteiger partial charge in [0.1, 0.15) is 17.6 Å². The number of hydrogen-bond acceptors (Lipinski definition) is 5. The molecule has 3 rings (SSSR count). The van der Waals surface area contributed by atoms with Crippen molar-refractivity contribution in [3.8, 4) is 11.8 Å². The number of non-ortho nitro benzene ring substituents is 1. The predicted octanol–water partition coefficient (Wildman–Crippen LogP) is 3.54. The lowest BCUT2D eigenvalue weighted by Crippen LogP contribution is -1.94. The van der Waals surface area contributed by atoms with Crippen LogP contribution in [0.5, 0.6) is 5.75 Å². The van der Waals surface area contributed by atoms with Crippen LogP contribution in [0.2, 0.25) is 0 Å². The van der Waals surface area contributed by atoms with Crippen LogP contribution in [0.15, 0.2) is 42.5 Å². The average molecular weight is 320 g/mol. The minimum absolute atomic E-state index is 0.0110. The van der Waals surface area contributed by atoms with Crippen molar-refractivity contribution in [1.29, 1.82) is 5.26 Å². The molecule has 0 saturated heterocycles. The van der Waals surface area contributed by atoms with Crippen molar-refractivity contribution in [1.82, 2.24) is 9.97 Å². The highest BCUT2D eigenvalue weighted by Gasteiger charge is 2.08. The first-order valence-electron chi connectivity index (χ1n) is 7.08. The second-order valence-electron chi connectivity index (χ2n) is 4.90. The molecule has 0 saturated carbocycles. The third kappa shape index (κ3) is 3.23. The minimum Gasteiger partial charge on any atom is -0.478 e. The topological polar surface area (TPSA) is 105 Å². The minimum atomic E-state index is -0.446. The third-order valence-electron chi connectivity index (χ3n) is 3.33. The molecule has 1 aromatic heterocycles. The van der Waals surface area contributed by atoms with Gasteiger partial charge in [-0.25, -0.2) is 4.98 Å². The summed E-state index contributed by atoms with van der Waals surface area (Å²) in [5, 5.41) is 19.4. The zero-order valence-electron chi connectivity index (χ0n) is 12.5. The first-order chi connectivity index (χ1) is 11.7. The Hall–Kier alpha value is -3.66. The van der Waals surface area contributed by atoms with Crippen LogP contribution in [0.25, 0.3) is 23.2 Å². The number of nitrogens with one attached hydrogen (secondary N) is 1. The van der Waals surface area contributed by atoms with Gasteiger partial charge in [-0.05, 0) is 24.3 Å². The molecule has 3 aromatic rings. The van der Waals surface area contributed by atoms with E-state index in [1.54, 1.807) is 24.3 Å². The summed E-state index contributed by atoms with van der Waals surface area (Å²) in [6, 6.07) is 13.7. The maximum Gasteiger partial charge on any atom is 0.271 e. The van der Waals surface area contributed by atoms with Crippen LogP contribution in [0.4, 0.5) is 5.69 Å². The van der Waals surface area contributed by atoms with Crippen molar-refractivity contribution >= 4 is 28.9 Å². The quantitative estimate of drug-likeness (QED) is 0.571. The van der Waals surface area contributed by atoms with Crippen molar-refractivity contribution in [2.24, 2.45) is 0 Å². The van der Waals surface area contributed by atoms with E-state index in [4.69, 9.17) is 10.00 Å². The van der Waals surface area contributed by atoms with E-state index in [0.717, 1.165) is 5.56 Å². The van der Waals surface area contributed by atoms with E-state index in [0.29, 0.717) is 22.6 Å². The Balaban J connectivity index is 1.88. The van der Waals surface area contributed by atoms with E-state index in [9.17, 15) is 10.1 Å². The molecule has 0 unspecified atom stereocenters. The highest BCUT2D eigenvalue weighted by Crippen LogP contribution is 2.22. The molecule has 7 nitrogen and oxygen atoms in total. The molecule has 118 valence electrons. The summed E-state index contributed by atoms with van der Waals surface area (Å²) in [5.74, 6) is 1.17. The second-order valence-corrected chi connectivity index (χ2v) is 4.90. The van der Waals surface area contributed by atoms with Crippen LogP contribution in [-0.2, 0) is 0 Å². The molecule has 24 heavy (non-hydrogen) atoms. The van der Waals surface area contributed by atoms with Gasteiger partial charge in [-0.3, -0.25) is 10.1 Å². The maximum absolute atomic E-state index is 10.8. The zero-order valence-corrected chi connectivity index (χ0v) is 12.5. The molecule has 0 spiro atoms. The third-order valence-corrected chi connectivity index (χ3v) is 3.33. The summed E-state index contributed by atoms with van der Waals surface area (Å²) >= 11 is 0. The fraction of sp³-hybridized carbons (Fsp3) is 0.0588. The van der Waals surface area contributed by atoms with E-state index in [1.807, 2.05) is 24.3 Å². The molecule has 1 N–H and O–H groups in total. The number of hydrogen-bond donors (Lipinski definition) is 1. The molecule has 0 radical (unpaired) electrons. The fourth-order valence-corrected chi connectivity index (χ4v) is 2.24. The summed E-state index contributed by atoms with van der Waals surface area (Å²) in [5.41, 5.74) is 2.06. The van der Waals surface area contributed by atoms with Crippen molar-refractivity contribution in [3.63, 3.8) is 0 Å². The molecule has 0 amide bonds. The number of fused-ring (bicyclic) bond motifs is 1. The summed E-state index contributed by atoms with van der Waals surface area (Å²) in [6.45, 7) is -0.0286. The number of aromatic nitrogens is 2. The van der Waals surface area contributed by atoms with E-state index in [1.165, 1.54) is 12.1 Å². The van der Waals surface area contributed by atoms with Gasteiger partial charge in [-0.15, -0.1) is 0 Å². The summed E-state index contributed by atoms with van der Waals surface area (Å²) in [4.78, 5) is 17.8. The van der Waals surface area contributed by atoms with Crippen LogP contribution >= 0.6 is 0 Å². The lowest BCUT2D eigenvalue weighted by atomic mass is 10.2. The molecule has 2 aromatic carbocycles. The van der Waals surface area contributed by atoms with Gasteiger partial charge in [-0.2, -0.15) is 5.26 Å². The van der Waals surface area contributed by atoms with Crippen molar-refractivity contribution < 1.29 is 9.66 Å². The van der Waals surface area contributed by atoms with Crippen molar-refractivity contribution in [2.75, 3.05) is 6.61 Å². The molecular formula is C17H12N4O3. The van der Waals surface area contributed by atoms with Gasteiger partial charge in [0, 0.05) is 17.7 Å². The van der Waals surface area contributed by atoms with E-state index in [2.05, 4.69) is 9.97 Å². The Bertz CT molecular complexity index is 969. The van der Waals surface area contributed by atoms with Gasteiger partial charge in [0.2, 0.25) is 0 Å². The normalized spacial score (nSPS) is 10.8. The molecule has 0 aliphatic heterocycles. The number of nitriles is 1.